The van der Waals surface area contributed by atoms with Crippen molar-refractivity contribution in [3.8, 4) is 0 Å². The maximum Gasteiger partial charge on any atom is 0.344 e. The van der Waals surface area contributed by atoms with Crippen molar-refractivity contribution < 1.29 is 13.2 Å². The molecule has 1 amide bonds. The SMILES string of the molecule is Cc1ccc(CN2CCC3(CCN(C(=O)n4ccc(NS(C)(=O)=O)n4)CC3)C2)c(N2CCCC2)c1. The highest BCUT2D eigenvalue weighted by molar-refractivity contribution is 7.92. The number of aromatic nitrogens is 2. The van der Waals surface area contributed by atoms with Crippen molar-refractivity contribution in [1.82, 2.24) is 19.6 Å². The van der Waals surface area contributed by atoms with Crippen molar-refractivity contribution >= 4 is 27.6 Å². The number of aryl methyl sites for hydroxylation is 1. The maximum atomic E-state index is 12.9. The number of amides is 1. The van der Waals surface area contributed by atoms with Crippen LogP contribution in [0.3, 0.4) is 0 Å². The van der Waals surface area contributed by atoms with Crippen LogP contribution in [0.4, 0.5) is 16.3 Å². The average molecular weight is 501 g/mol. The van der Waals surface area contributed by atoms with Gasteiger partial charge in [0.05, 0.1) is 6.26 Å². The molecule has 0 radical (unpaired) electrons. The second kappa shape index (κ2) is 9.46. The van der Waals surface area contributed by atoms with E-state index in [4.69, 9.17) is 0 Å². The molecule has 4 heterocycles. The highest BCUT2D eigenvalue weighted by Crippen LogP contribution is 2.41. The number of piperidine rings is 1. The lowest BCUT2D eigenvalue weighted by Gasteiger charge is -2.39. The zero-order valence-corrected chi connectivity index (χ0v) is 21.6. The van der Waals surface area contributed by atoms with Gasteiger partial charge in [-0.15, -0.1) is 5.10 Å². The third-order valence-electron chi connectivity index (χ3n) is 7.77. The Morgan fingerprint density at radius 3 is 2.49 bits per heavy atom. The first kappa shape index (κ1) is 24.1. The van der Waals surface area contributed by atoms with Gasteiger partial charge >= 0.3 is 6.03 Å². The van der Waals surface area contributed by atoms with Crippen LogP contribution >= 0.6 is 0 Å². The summed E-state index contributed by atoms with van der Waals surface area (Å²) in [5.74, 6) is 0.158. The molecule has 0 saturated carbocycles. The van der Waals surface area contributed by atoms with Crippen molar-refractivity contribution in [3.63, 3.8) is 0 Å². The average Bonchev–Trinajstić information content (AvgIpc) is 3.56. The van der Waals surface area contributed by atoms with Crippen LogP contribution in [0, 0.1) is 12.3 Å². The monoisotopic (exact) mass is 500 g/mol. The molecule has 1 aromatic heterocycles. The Morgan fingerprint density at radius 1 is 1.06 bits per heavy atom. The summed E-state index contributed by atoms with van der Waals surface area (Å²) in [6.45, 7) is 9.05. The number of likely N-dealkylation sites (tertiary alicyclic amines) is 2. The molecule has 0 atom stereocenters. The van der Waals surface area contributed by atoms with Crippen LogP contribution in [0.2, 0.25) is 0 Å². The van der Waals surface area contributed by atoms with E-state index in [0.29, 0.717) is 13.1 Å². The third kappa shape index (κ3) is 5.48. The molecule has 3 aliphatic heterocycles. The van der Waals surface area contributed by atoms with Gasteiger partial charge in [0.15, 0.2) is 5.82 Å². The van der Waals surface area contributed by atoms with Crippen molar-refractivity contribution in [1.29, 1.82) is 0 Å². The number of anilines is 2. The molecule has 9 nitrogen and oxygen atoms in total. The zero-order valence-electron chi connectivity index (χ0n) is 20.7. The highest BCUT2D eigenvalue weighted by Gasteiger charge is 2.41. The van der Waals surface area contributed by atoms with E-state index in [1.807, 2.05) is 4.90 Å². The highest BCUT2D eigenvalue weighted by atomic mass is 32.2. The molecule has 3 aliphatic rings. The molecular weight excluding hydrogens is 464 g/mol. The Balaban J connectivity index is 1.18. The summed E-state index contributed by atoms with van der Waals surface area (Å²) in [7, 11) is -3.43. The lowest BCUT2D eigenvalue weighted by atomic mass is 9.78. The van der Waals surface area contributed by atoms with Gasteiger partial charge in [-0.3, -0.25) is 9.62 Å². The molecule has 190 valence electrons. The smallest absolute Gasteiger partial charge is 0.344 e. The van der Waals surface area contributed by atoms with Crippen molar-refractivity contribution in [2.24, 2.45) is 5.41 Å². The molecule has 3 fully saturated rings. The number of hydrogen-bond donors (Lipinski definition) is 1. The predicted octanol–water partition coefficient (Wildman–Crippen LogP) is 3.12. The molecular formula is C25H36N6O3S. The molecule has 0 aliphatic carbocycles. The van der Waals surface area contributed by atoms with Crippen LogP contribution in [0.5, 0.6) is 0 Å². The van der Waals surface area contributed by atoms with E-state index >= 15 is 0 Å². The lowest BCUT2D eigenvalue weighted by molar-refractivity contribution is 0.118. The van der Waals surface area contributed by atoms with Crippen molar-refractivity contribution in [3.05, 3.63) is 41.6 Å². The third-order valence-corrected chi connectivity index (χ3v) is 8.35. The normalized spacial score (nSPS) is 20.6. The molecule has 2 aromatic rings. The van der Waals surface area contributed by atoms with E-state index in [1.54, 1.807) is 0 Å². The lowest BCUT2D eigenvalue weighted by Crippen LogP contribution is -2.45. The minimum Gasteiger partial charge on any atom is -0.371 e. The number of carbonyl (C=O) groups excluding carboxylic acids is 1. The number of hydrogen-bond acceptors (Lipinski definition) is 6. The fourth-order valence-corrected chi connectivity index (χ4v) is 6.35. The number of nitrogens with one attached hydrogen (secondary N) is 1. The number of benzene rings is 1. The predicted molar refractivity (Wildman–Crippen MR) is 137 cm³/mol. The molecule has 0 unspecified atom stereocenters. The van der Waals surface area contributed by atoms with E-state index in [0.717, 1.165) is 51.8 Å². The Kier molecular flexibility index (Phi) is 6.52. The first-order valence-corrected chi connectivity index (χ1v) is 14.5. The van der Waals surface area contributed by atoms with Crippen molar-refractivity contribution in [2.75, 3.05) is 55.1 Å². The van der Waals surface area contributed by atoms with E-state index in [9.17, 15) is 13.2 Å². The quantitative estimate of drug-likeness (QED) is 0.678. The minimum absolute atomic E-state index is 0.158. The van der Waals surface area contributed by atoms with Crippen LogP contribution < -0.4 is 9.62 Å². The van der Waals surface area contributed by atoms with E-state index < -0.39 is 10.0 Å². The minimum atomic E-state index is -3.43. The standard InChI is InChI=1S/C25H36N6O3S/c1-20-5-6-21(22(17-20)29-11-3-4-12-29)18-28-14-8-25(19-28)9-15-30(16-10-25)24(32)31-13-7-23(26-31)27-35(2,33)34/h5-7,13,17H,3-4,8-12,14-16,18-19H2,1-2H3,(H,26,27). The van der Waals surface area contributed by atoms with Gasteiger partial charge in [0.1, 0.15) is 0 Å². The molecule has 1 aromatic carbocycles. The van der Waals surface area contributed by atoms with Gasteiger partial charge < -0.3 is 9.80 Å². The molecule has 5 rings (SSSR count). The van der Waals surface area contributed by atoms with Crippen LogP contribution in [-0.4, -0.2) is 79.6 Å². The van der Waals surface area contributed by atoms with Gasteiger partial charge in [0.25, 0.3) is 0 Å². The second-order valence-corrected chi connectivity index (χ2v) is 12.3. The fraction of sp³-hybridized carbons (Fsp3) is 0.600. The summed E-state index contributed by atoms with van der Waals surface area (Å²) in [5, 5.41) is 4.09. The zero-order chi connectivity index (χ0) is 24.6. The Labute approximate surface area is 208 Å². The molecule has 35 heavy (non-hydrogen) atoms. The Morgan fingerprint density at radius 2 is 1.77 bits per heavy atom. The Hall–Kier alpha value is -2.59. The number of sulfonamides is 1. The van der Waals surface area contributed by atoms with Gasteiger partial charge in [-0.1, -0.05) is 12.1 Å². The molecule has 10 heteroatoms. The largest absolute Gasteiger partial charge is 0.371 e. The van der Waals surface area contributed by atoms with Gasteiger partial charge in [-0.25, -0.2) is 13.2 Å². The van der Waals surface area contributed by atoms with Crippen molar-refractivity contribution in [2.45, 2.75) is 45.6 Å². The van der Waals surface area contributed by atoms with E-state index in [-0.39, 0.29) is 17.3 Å². The topological polar surface area (TPSA) is 90.8 Å². The van der Waals surface area contributed by atoms with E-state index in [1.165, 1.54) is 53.0 Å². The summed E-state index contributed by atoms with van der Waals surface area (Å²) < 4.78 is 26.3. The first-order valence-electron chi connectivity index (χ1n) is 12.6. The van der Waals surface area contributed by atoms with Crippen LogP contribution in [0.1, 0.15) is 43.2 Å². The summed E-state index contributed by atoms with van der Waals surface area (Å²) in [4.78, 5) is 19.9. The second-order valence-electron chi connectivity index (χ2n) is 10.6. The van der Waals surface area contributed by atoms with Crippen LogP contribution in [-0.2, 0) is 16.6 Å². The van der Waals surface area contributed by atoms with Gasteiger partial charge in [0.2, 0.25) is 10.0 Å². The summed E-state index contributed by atoms with van der Waals surface area (Å²) in [5.41, 5.74) is 4.43. The summed E-state index contributed by atoms with van der Waals surface area (Å²) in [6, 6.07) is 8.19. The van der Waals surface area contributed by atoms with Gasteiger partial charge in [0, 0.05) is 57.2 Å². The number of carbonyl (C=O) groups is 1. The molecule has 0 bridgehead atoms. The number of nitrogens with zero attached hydrogens (tertiary/aromatic N) is 5. The summed E-state index contributed by atoms with van der Waals surface area (Å²) >= 11 is 0. The first-order chi connectivity index (χ1) is 16.7. The number of rotatable bonds is 5. The molecule has 1 spiro atoms. The fourth-order valence-electron chi connectivity index (χ4n) is 5.86. The summed E-state index contributed by atoms with van der Waals surface area (Å²) in [6.07, 6.45) is 8.28. The van der Waals surface area contributed by atoms with Crippen LogP contribution in [0.15, 0.2) is 30.5 Å². The molecule has 3 saturated heterocycles. The maximum absolute atomic E-state index is 12.9. The van der Waals surface area contributed by atoms with Gasteiger partial charge in [-0.05, 0) is 68.2 Å². The van der Waals surface area contributed by atoms with Gasteiger partial charge in [-0.2, -0.15) is 4.68 Å². The Bertz CT molecular complexity index is 1180. The van der Waals surface area contributed by atoms with Crippen LogP contribution in [0.25, 0.3) is 0 Å². The van der Waals surface area contributed by atoms with E-state index in [2.05, 4.69) is 44.7 Å². The molecule has 1 N–H and O–H groups in total.